The quantitative estimate of drug-likeness (QED) is 0.618. The van der Waals surface area contributed by atoms with Gasteiger partial charge in [0.25, 0.3) is 0 Å². The second-order valence-corrected chi connectivity index (χ2v) is 4.64. The van der Waals surface area contributed by atoms with Gasteiger partial charge in [-0.2, -0.15) is 10.4 Å². The largest absolute Gasteiger partial charge is 0.291 e. The van der Waals surface area contributed by atoms with Crippen molar-refractivity contribution in [1.82, 2.24) is 0 Å². The molecule has 1 aromatic rings. The molecule has 1 aliphatic rings. The molecule has 0 aliphatic heterocycles. The van der Waals surface area contributed by atoms with Crippen molar-refractivity contribution in [2.24, 2.45) is 11.0 Å². The highest BCUT2D eigenvalue weighted by Gasteiger charge is 2.33. The van der Waals surface area contributed by atoms with E-state index in [9.17, 15) is 4.79 Å². The van der Waals surface area contributed by atoms with Crippen molar-refractivity contribution in [2.75, 3.05) is 12.1 Å². The molecule has 4 nitrogen and oxygen atoms in total. The summed E-state index contributed by atoms with van der Waals surface area (Å²) in [4.78, 5) is 11.8. The maximum atomic E-state index is 11.8. The predicted octanol–water partition coefficient (Wildman–Crippen LogP) is 2.63. The molecule has 0 saturated heterocycles. The van der Waals surface area contributed by atoms with E-state index < -0.39 is 0 Å². The molecule has 18 heavy (non-hydrogen) atoms. The molecule has 1 saturated carbocycles. The van der Waals surface area contributed by atoms with Gasteiger partial charge in [0.2, 0.25) is 5.71 Å². The molecule has 5 heteroatoms. The molecule has 0 unspecified atom stereocenters. The molecule has 0 amide bonds. The number of ketones is 1. The number of halogens is 1. The summed E-state index contributed by atoms with van der Waals surface area (Å²) in [5, 5.41) is 15.2. The lowest BCUT2D eigenvalue weighted by Crippen LogP contribution is -2.20. The molecule has 92 valence electrons. The van der Waals surface area contributed by atoms with Gasteiger partial charge in [-0.05, 0) is 37.1 Å². The summed E-state index contributed by atoms with van der Waals surface area (Å²) < 4.78 is 0. The van der Waals surface area contributed by atoms with Crippen LogP contribution < -0.4 is 5.01 Å². The minimum Gasteiger partial charge on any atom is -0.291 e. The van der Waals surface area contributed by atoms with Crippen LogP contribution in [-0.4, -0.2) is 18.5 Å². The Labute approximate surface area is 110 Å². The summed E-state index contributed by atoms with van der Waals surface area (Å²) in [5.74, 6) is -0.152. The third-order valence-corrected chi connectivity index (χ3v) is 2.99. The van der Waals surface area contributed by atoms with Crippen LogP contribution in [0.2, 0.25) is 5.02 Å². The second kappa shape index (κ2) is 5.19. The van der Waals surface area contributed by atoms with Crippen LogP contribution in [0.5, 0.6) is 0 Å². The van der Waals surface area contributed by atoms with Crippen LogP contribution in [0, 0.1) is 17.2 Å². The summed E-state index contributed by atoms with van der Waals surface area (Å²) in [6, 6.07) is 8.90. The van der Waals surface area contributed by atoms with E-state index in [0.29, 0.717) is 5.02 Å². The molecule has 2 rings (SSSR count). The van der Waals surface area contributed by atoms with Crippen molar-refractivity contribution in [2.45, 2.75) is 12.8 Å². The molecule has 0 heterocycles. The first-order chi connectivity index (χ1) is 8.61. The number of anilines is 1. The molecule has 0 N–H and O–H groups in total. The number of nitrogens with zero attached hydrogens (tertiary/aromatic N) is 3. The Bertz CT molecular complexity index is 526. The number of nitriles is 1. The summed E-state index contributed by atoms with van der Waals surface area (Å²) in [7, 11) is 1.70. The standard InChI is InChI=1S/C13H12ClN3O/c1-17(11-6-4-10(14)5-7-11)16-12(8-15)13(18)9-2-3-9/h4-7,9H,2-3H2,1H3/b16-12+. The number of benzene rings is 1. The molecule has 0 radical (unpaired) electrons. The topological polar surface area (TPSA) is 56.5 Å². The molecular weight excluding hydrogens is 250 g/mol. The zero-order chi connectivity index (χ0) is 13.1. The highest BCUT2D eigenvalue weighted by Crippen LogP contribution is 2.30. The van der Waals surface area contributed by atoms with E-state index in [1.807, 2.05) is 6.07 Å². The SMILES string of the molecule is CN(/N=C(\C#N)C(=O)C1CC1)c1ccc(Cl)cc1. The number of carbonyl (C=O) groups excluding carboxylic acids is 1. The highest BCUT2D eigenvalue weighted by atomic mass is 35.5. The van der Waals surface area contributed by atoms with E-state index in [2.05, 4.69) is 5.10 Å². The zero-order valence-electron chi connectivity index (χ0n) is 9.93. The first-order valence-electron chi connectivity index (χ1n) is 5.64. The van der Waals surface area contributed by atoms with Gasteiger partial charge >= 0.3 is 0 Å². The van der Waals surface area contributed by atoms with Crippen LogP contribution >= 0.6 is 11.6 Å². The number of hydrogen-bond donors (Lipinski definition) is 0. The molecule has 0 spiro atoms. The van der Waals surface area contributed by atoms with E-state index in [0.717, 1.165) is 18.5 Å². The lowest BCUT2D eigenvalue weighted by Gasteiger charge is -2.13. The molecule has 0 bridgehead atoms. The first-order valence-corrected chi connectivity index (χ1v) is 6.02. The van der Waals surface area contributed by atoms with Crippen molar-refractivity contribution in [3.05, 3.63) is 29.3 Å². The Hall–Kier alpha value is -1.86. The second-order valence-electron chi connectivity index (χ2n) is 4.20. The Morgan fingerprint density at radius 2 is 2.06 bits per heavy atom. The van der Waals surface area contributed by atoms with E-state index in [1.165, 1.54) is 5.01 Å². The average molecular weight is 262 g/mol. The number of Topliss-reactive ketones (excluding diaryl/α,β-unsaturated/α-hetero) is 1. The molecular formula is C13H12ClN3O. The summed E-state index contributed by atoms with van der Waals surface area (Å²) >= 11 is 5.79. The molecule has 0 atom stereocenters. The lowest BCUT2D eigenvalue weighted by atomic mass is 10.2. The smallest absolute Gasteiger partial charge is 0.204 e. The lowest BCUT2D eigenvalue weighted by molar-refractivity contribution is -0.113. The van der Waals surface area contributed by atoms with Crippen LogP contribution in [0.3, 0.4) is 0 Å². The van der Waals surface area contributed by atoms with Crippen LogP contribution in [0.1, 0.15) is 12.8 Å². The van der Waals surface area contributed by atoms with Crippen LogP contribution in [0.15, 0.2) is 29.4 Å². The van der Waals surface area contributed by atoms with E-state index in [1.54, 1.807) is 31.3 Å². The first kappa shape index (κ1) is 12.6. The minimum absolute atomic E-state index is 0.00187. The van der Waals surface area contributed by atoms with Crippen molar-refractivity contribution in [3.8, 4) is 6.07 Å². The molecule has 1 aromatic carbocycles. The van der Waals surface area contributed by atoms with Crippen LogP contribution in [0.4, 0.5) is 5.69 Å². The Morgan fingerprint density at radius 1 is 1.44 bits per heavy atom. The maximum Gasteiger partial charge on any atom is 0.204 e. The van der Waals surface area contributed by atoms with Crippen LogP contribution in [-0.2, 0) is 4.79 Å². The van der Waals surface area contributed by atoms with Gasteiger partial charge in [-0.15, -0.1) is 0 Å². The van der Waals surface area contributed by atoms with Crippen LogP contribution in [0.25, 0.3) is 0 Å². The Balaban J connectivity index is 2.17. The summed E-state index contributed by atoms with van der Waals surface area (Å²) in [6.45, 7) is 0. The maximum absolute atomic E-state index is 11.8. The Morgan fingerprint density at radius 3 is 2.56 bits per heavy atom. The summed E-state index contributed by atoms with van der Waals surface area (Å²) in [6.07, 6.45) is 1.73. The normalized spacial score (nSPS) is 15.1. The third-order valence-electron chi connectivity index (χ3n) is 2.74. The van der Waals surface area contributed by atoms with Gasteiger partial charge in [0, 0.05) is 18.0 Å². The van der Waals surface area contributed by atoms with Gasteiger partial charge in [-0.1, -0.05) is 11.6 Å². The van der Waals surface area contributed by atoms with Crippen molar-refractivity contribution in [1.29, 1.82) is 5.26 Å². The third kappa shape index (κ3) is 2.88. The van der Waals surface area contributed by atoms with Gasteiger partial charge in [-0.25, -0.2) is 0 Å². The molecule has 1 fully saturated rings. The van der Waals surface area contributed by atoms with E-state index in [-0.39, 0.29) is 17.4 Å². The van der Waals surface area contributed by atoms with Crippen molar-refractivity contribution >= 4 is 28.8 Å². The fraction of sp³-hybridized carbons (Fsp3) is 0.308. The van der Waals surface area contributed by atoms with Gasteiger partial charge < -0.3 is 0 Å². The van der Waals surface area contributed by atoms with E-state index in [4.69, 9.17) is 16.9 Å². The van der Waals surface area contributed by atoms with Gasteiger partial charge in [0.05, 0.1) is 5.69 Å². The Kier molecular flexibility index (Phi) is 3.63. The summed E-state index contributed by atoms with van der Waals surface area (Å²) in [5.41, 5.74) is 0.741. The number of carbonyl (C=O) groups is 1. The van der Waals surface area contributed by atoms with Crippen molar-refractivity contribution in [3.63, 3.8) is 0 Å². The molecule has 0 aromatic heterocycles. The highest BCUT2D eigenvalue weighted by molar-refractivity contribution is 6.47. The number of hydrazone groups is 1. The van der Waals surface area contributed by atoms with E-state index >= 15 is 0 Å². The predicted molar refractivity (Wildman–Crippen MR) is 70.6 cm³/mol. The fourth-order valence-electron chi connectivity index (χ4n) is 1.53. The minimum atomic E-state index is -0.154. The average Bonchev–Trinajstić information content (AvgIpc) is 3.20. The van der Waals surface area contributed by atoms with Gasteiger partial charge in [0.15, 0.2) is 5.78 Å². The van der Waals surface area contributed by atoms with Crippen molar-refractivity contribution < 1.29 is 4.79 Å². The zero-order valence-corrected chi connectivity index (χ0v) is 10.7. The molecule has 1 aliphatic carbocycles. The number of hydrogen-bond acceptors (Lipinski definition) is 4. The van der Waals surface area contributed by atoms with Gasteiger partial charge in [-0.3, -0.25) is 9.80 Å². The fourth-order valence-corrected chi connectivity index (χ4v) is 1.66. The number of rotatable bonds is 4. The monoisotopic (exact) mass is 261 g/mol. The van der Waals surface area contributed by atoms with Gasteiger partial charge in [0.1, 0.15) is 6.07 Å².